The van der Waals surface area contributed by atoms with Crippen LogP contribution in [-0.4, -0.2) is 48.3 Å². The van der Waals surface area contributed by atoms with Crippen LogP contribution in [0.4, 0.5) is 11.6 Å². The second kappa shape index (κ2) is 7.32. The van der Waals surface area contributed by atoms with Gasteiger partial charge in [0.2, 0.25) is 0 Å². The third-order valence-corrected chi connectivity index (χ3v) is 6.19. The summed E-state index contributed by atoms with van der Waals surface area (Å²) in [6, 6.07) is 4.09. The van der Waals surface area contributed by atoms with Gasteiger partial charge < -0.3 is 20.9 Å². The first-order valence-electron chi connectivity index (χ1n) is 10.0. The molecule has 3 aliphatic rings. The van der Waals surface area contributed by atoms with Gasteiger partial charge in [0, 0.05) is 24.4 Å². The summed E-state index contributed by atoms with van der Waals surface area (Å²) >= 11 is 0. The molecule has 25 heavy (non-hydrogen) atoms. The molecule has 0 amide bonds. The van der Waals surface area contributed by atoms with E-state index in [1.807, 2.05) is 6.07 Å². The van der Waals surface area contributed by atoms with E-state index in [1.165, 1.54) is 45.2 Å². The molecule has 1 aliphatic carbocycles. The smallest absolute Gasteiger partial charge is 0.134 e. The molecule has 1 aromatic rings. The highest BCUT2D eigenvalue weighted by Gasteiger charge is 2.39. The third-order valence-electron chi connectivity index (χ3n) is 6.19. The van der Waals surface area contributed by atoms with Gasteiger partial charge in [-0.05, 0) is 88.5 Å². The molecule has 5 nitrogen and oxygen atoms in total. The molecule has 2 atom stereocenters. The standard InChI is InChI=1S/C20H31N5/c21-18(6-4-11-24-9-1-2-10-24)17-7-8-19(23-20(17)22)25-12-3-5-15-13-16(15)14-25/h7-8,15-16,21H,1-6,9-14H2,(H2,22,23). The molecule has 4 rings (SSSR count). The van der Waals surface area contributed by atoms with Crippen LogP contribution >= 0.6 is 0 Å². The number of pyridine rings is 1. The van der Waals surface area contributed by atoms with E-state index < -0.39 is 0 Å². The number of nitrogen functional groups attached to an aromatic ring is 1. The van der Waals surface area contributed by atoms with Gasteiger partial charge in [-0.3, -0.25) is 0 Å². The van der Waals surface area contributed by atoms with E-state index in [0.717, 1.165) is 55.7 Å². The Bertz CT molecular complexity index is 623. The van der Waals surface area contributed by atoms with Crippen LogP contribution < -0.4 is 10.6 Å². The number of fused-ring (bicyclic) bond motifs is 1. The molecule has 0 bridgehead atoms. The first-order chi connectivity index (χ1) is 12.2. The average Bonchev–Trinajstić information content (AvgIpc) is 3.18. The molecule has 1 saturated carbocycles. The number of hydrogen-bond acceptors (Lipinski definition) is 5. The molecule has 3 fully saturated rings. The number of aromatic nitrogens is 1. The van der Waals surface area contributed by atoms with E-state index in [1.54, 1.807) is 0 Å². The Balaban J connectivity index is 1.34. The largest absolute Gasteiger partial charge is 0.383 e. The summed E-state index contributed by atoms with van der Waals surface area (Å²) in [5, 5.41) is 8.38. The molecular weight excluding hydrogens is 310 g/mol. The first-order valence-corrected chi connectivity index (χ1v) is 10.0. The topological polar surface area (TPSA) is 69.2 Å². The molecule has 0 spiro atoms. The Morgan fingerprint density at radius 1 is 1.16 bits per heavy atom. The zero-order valence-corrected chi connectivity index (χ0v) is 15.2. The zero-order valence-electron chi connectivity index (χ0n) is 15.2. The monoisotopic (exact) mass is 341 g/mol. The molecular formula is C20H31N5. The predicted octanol–water partition coefficient (Wildman–Crippen LogP) is 3.14. The second-order valence-electron chi connectivity index (χ2n) is 8.08. The molecule has 2 aliphatic heterocycles. The maximum absolute atomic E-state index is 8.38. The fourth-order valence-corrected chi connectivity index (χ4v) is 4.53. The summed E-state index contributed by atoms with van der Waals surface area (Å²) in [6.45, 7) is 5.77. The van der Waals surface area contributed by atoms with Crippen molar-refractivity contribution >= 4 is 17.3 Å². The quantitative estimate of drug-likeness (QED) is 0.780. The van der Waals surface area contributed by atoms with Crippen LogP contribution in [0, 0.1) is 17.2 Å². The van der Waals surface area contributed by atoms with Crippen LogP contribution in [0.3, 0.4) is 0 Å². The zero-order chi connectivity index (χ0) is 17.2. The Kier molecular flexibility index (Phi) is 4.93. The Labute approximate surface area is 151 Å². The van der Waals surface area contributed by atoms with Crippen molar-refractivity contribution in [1.82, 2.24) is 9.88 Å². The summed E-state index contributed by atoms with van der Waals surface area (Å²) in [7, 11) is 0. The Hall–Kier alpha value is -1.62. The van der Waals surface area contributed by atoms with E-state index in [0.29, 0.717) is 11.5 Å². The maximum atomic E-state index is 8.38. The number of nitrogens with one attached hydrogen (secondary N) is 1. The van der Waals surface area contributed by atoms with Crippen LogP contribution in [0.5, 0.6) is 0 Å². The van der Waals surface area contributed by atoms with Gasteiger partial charge in [0.15, 0.2) is 0 Å². The summed E-state index contributed by atoms with van der Waals surface area (Å²) in [4.78, 5) is 9.55. The molecule has 136 valence electrons. The fourth-order valence-electron chi connectivity index (χ4n) is 4.53. The Morgan fingerprint density at radius 3 is 2.80 bits per heavy atom. The van der Waals surface area contributed by atoms with Gasteiger partial charge in [0.25, 0.3) is 0 Å². The number of nitrogens with two attached hydrogens (primary N) is 1. The summed E-state index contributed by atoms with van der Waals surface area (Å²) < 4.78 is 0. The summed E-state index contributed by atoms with van der Waals surface area (Å²) in [5.74, 6) is 3.36. The van der Waals surface area contributed by atoms with E-state index in [2.05, 4.69) is 20.9 Å². The van der Waals surface area contributed by atoms with Gasteiger partial charge in [-0.15, -0.1) is 0 Å². The van der Waals surface area contributed by atoms with Crippen LogP contribution in [0.1, 0.15) is 50.5 Å². The molecule has 3 N–H and O–H groups in total. The molecule has 0 radical (unpaired) electrons. The van der Waals surface area contributed by atoms with Gasteiger partial charge in [-0.1, -0.05) is 0 Å². The SMILES string of the molecule is N=C(CCCN1CCCC1)c1ccc(N2CCCC3CC3C2)nc1N. The van der Waals surface area contributed by atoms with Crippen molar-refractivity contribution in [2.24, 2.45) is 11.8 Å². The van der Waals surface area contributed by atoms with E-state index in [4.69, 9.17) is 11.1 Å². The molecule has 5 heteroatoms. The van der Waals surface area contributed by atoms with E-state index >= 15 is 0 Å². The minimum absolute atomic E-state index is 0.528. The number of nitrogens with zero attached hydrogens (tertiary/aromatic N) is 3. The minimum atomic E-state index is 0.528. The number of hydrogen-bond donors (Lipinski definition) is 2. The predicted molar refractivity (Wildman–Crippen MR) is 103 cm³/mol. The van der Waals surface area contributed by atoms with Crippen LogP contribution in [0.25, 0.3) is 0 Å². The van der Waals surface area contributed by atoms with Gasteiger partial charge >= 0.3 is 0 Å². The molecule has 2 saturated heterocycles. The average molecular weight is 342 g/mol. The lowest BCUT2D eigenvalue weighted by atomic mass is 10.1. The van der Waals surface area contributed by atoms with Gasteiger partial charge in [0.05, 0.1) is 0 Å². The van der Waals surface area contributed by atoms with Crippen LogP contribution in [0.2, 0.25) is 0 Å². The molecule has 3 heterocycles. The van der Waals surface area contributed by atoms with Crippen molar-refractivity contribution in [3.05, 3.63) is 17.7 Å². The Morgan fingerprint density at radius 2 is 2.00 bits per heavy atom. The van der Waals surface area contributed by atoms with Crippen molar-refractivity contribution in [1.29, 1.82) is 5.41 Å². The van der Waals surface area contributed by atoms with Crippen LogP contribution in [0.15, 0.2) is 12.1 Å². The normalized spacial score (nSPS) is 26.3. The molecule has 2 unspecified atom stereocenters. The van der Waals surface area contributed by atoms with Crippen molar-refractivity contribution in [2.45, 2.75) is 44.9 Å². The lowest BCUT2D eigenvalue weighted by Gasteiger charge is -2.23. The highest BCUT2D eigenvalue weighted by molar-refractivity contribution is 6.02. The van der Waals surface area contributed by atoms with Gasteiger partial charge in [-0.2, -0.15) is 0 Å². The minimum Gasteiger partial charge on any atom is -0.383 e. The van der Waals surface area contributed by atoms with Crippen LogP contribution in [-0.2, 0) is 0 Å². The van der Waals surface area contributed by atoms with Gasteiger partial charge in [0.1, 0.15) is 11.6 Å². The van der Waals surface area contributed by atoms with Crippen molar-refractivity contribution in [2.75, 3.05) is 43.4 Å². The highest BCUT2D eigenvalue weighted by atomic mass is 15.2. The summed E-state index contributed by atoms with van der Waals surface area (Å²) in [5.41, 5.74) is 7.67. The number of likely N-dealkylation sites (tertiary alicyclic amines) is 1. The fraction of sp³-hybridized carbons (Fsp3) is 0.700. The molecule has 0 aromatic carbocycles. The van der Waals surface area contributed by atoms with E-state index in [-0.39, 0.29) is 0 Å². The number of anilines is 2. The maximum Gasteiger partial charge on any atom is 0.134 e. The highest BCUT2D eigenvalue weighted by Crippen LogP contribution is 2.44. The van der Waals surface area contributed by atoms with Gasteiger partial charge in [-0.25, -0.2) is 4.98 Å². The molecule has 1 aromatic heterocycles. The third kappa shape index (κ3) is 3.97. The van der Waals surface area contributed by atoms with Crippen molar-refractivity contribution < 1.29 is 0 Å². The first kappa shape index (κ1) is 16.8. The lowest BCUT2D eigenvalue weighted by Crippen LogP contribution is -2.27. The van der Waals surface area contributed by atoms with Crippen molar-refractivity contribution in [3.8, 4) is 0 Å². The van der Waals surface area contributed by atoms with Crippen molar-refractivity contribution in [3.63, 3.8) is 0 Å². The summed E-state index contributed by atoms with van der Waals surface area (Å²) in [6.07, 6.45) is 8.51. The number of rotatable bonds is 6. The van der Waals surface area contributed by atoms with E-state index in [9.17, 15) is 0 Å². The second-order valence-corrected chi connectivity index (χ2v) is 8.08. The lowest BCUT2D eigenvalue weighted by molar-refractivity contribution is 0.336.